The molecule has 0 aliphatic carbocycles. The van der Waals surface area contributed by atoms with Crippen LogP contribution in [0.1, 0.15) is 21.5 Å². The van der Waals surface area contributed by atoms with Crippen molar-refractivity contribution < 1.29 is 9.53 Å². The van der Waals surface area contributed by atoms with Crippen LogP contribution in [0, 0.1) is 6.92 Å². The van der Waals surface area contributed by atoms with Crippen molar-refractivity contribution in [1.82, 2.24) is 4.98 Å². The Morgan fingerprint density at radius 1 is 1.33 bits per heavy atom. The Morgan fingerprint density at radius 3 is 2.83 bits per heavy atom. The van der Waals surface area contributed by atoms with Gasteiger partial charge in [-0.1, -0.05) is 17.7 Å². The normalized spacial score (nSPS) is 10.1. The molecule has 0 saturated carbocycles. The Hall–Kier alpha value is -2.16. The molecule has 0 fully saturated rings. The van der Waals surface area contributed by atoms with Gasteiger partial charge in [-0.15, -0.1) is 0 Å². The second-order valence-corrected chi connectivity index (χ2v) is 4.16. The van der Waals surface area contributed by atoms with Gasteiger partial charge >= 0.3 is 0 Å². The molecule has 1 heterocycles. The Balaban J connectivity index is 2.26. The molecule has 3 nitrogen and oxygen atoms in total. The van der Waals surface area contributed by atoms with Crippen LogP contribution in [0.15, 0.2) is 42.7 Å². The predicted molar refractivity (Wildman–Crippen MR) is 70.0 cm³/mol. The molecule has 0 aliphatic heterocycles. The zero-order chi connectivity index (χ0) is 13.0. The number of aryl methyl sites for hydroxylation is 1. The molecule has 3 heteroatoms. The molecule has 0 aliphatic rings. The van der Waals surface area contributed by atoms with Crippen LogP contribution in [0.3, 0.4) is 0 Å². The van der Waals surface area contributed by atoms with E-state index in [1.807, 2.05) is 37.3 Å². The summed E-state index contributed by atoms with van der Waals surface area (Å²) in [6.07, 6.45) is 3.75. The highest BCUT2D eigenvalue weighted by molar-refractivity contribution is 6.00. The molecule has 18 heavy (non-hydrogen) atoms. The Bertz CT molecular complexity index is 550. The van der Waals surface area contributed by atoms with Crippen molar-refractivity contribution >= 4 is 5.78 Å². The van der Waals surface area contributed by atoms with Gasteiger partial charge in [0.05, 0.1) is 12.7 Å². The number of Topliss-reactive ketones (excluding diaryl/α,β-unsaturated/α-hetero) is 1. The summed E-state index contributed by atoms with van der Waals surface area (Å²) in [5.74, 6) is 0.665. The van der Waals surface area contributed by atoms with Gasteiger partial charge in [0.2, 0.25) is 0 Å². The van der Waals surface area contributed by atoms with Crippen molar-refractivity contribution in [3.63, 3.8) is 0 Å². The predicted octanol–water partition coefficient (Wildman–Crippen LogP) is 2.82. The van der Waals surface area contributed by atoms with Crippen molar-refractivity contribution in [3.05, 3.63) is 59.4 Å². The zero-order valence-corrected chi connectivity index (χ0v) is 10.5. The summed E-state index contributed by atoms with van der Waals surface area (Å²) >= 11 is 0. The minimum Gasteiger partial charge on any atom is -0.496 e. The quantitative estimate of drug-likeness (QED) is 0.773. The van der Waals surface area contributed by atoms with Crippen LogP contribution in [0.4, 0.5) is 0 Å². The molecule has 1 aromatic carbocycles. The van der Waals surface area contributed by atoms with Crippen LogP contribution >= 0.6 is 0 Å². The summed E-state index contributed by atoms with van der Waals surface area (Å²) in [5.41, 5.74) is 2.58. The molecular weight excluding hydrogens is 226 g/mol. The third kappa shape index (κ3) is 2.74. The number of rotatable bonds is 4. The van der Waals surface area contributed by atoms with Gasteiger partial charge in [0.25, 0.3) is 0 Å². The lowest BCUT2D eigenvalue weighted by molar-refractivity contribution is 0.0990. The fourth-order valence-corrected chi connectivity index (χ4v) is 1.82. The van der Waals surface area contributed by atoms with Crippen molar-refractivity contribution in [2.75, 3.05) is 7.11 Å². The van der Waals surface area contributed by atoms with Crippen molar-refractivity contribution in [2.24, 2.45) is 0 Å². The number of carbonyl (C=O) groups is 1. The van der Waals surface area contributed by atoms with Crippen molar-refractivity contribution in [1.29, 1.82) is 0 Å². The van der Waals surface area contributed by atoms with E-state index in [0.29, 0.717) is 17.7 Å². The van der Waals surface area contributed by atoms with Crippen LogP contribution < -0.4 is 4.74 Å². The largest absolute Gasteiger partial charge is 0.496 e. The molecule has 1 aromatic heterocycles. The van der Waals surface area contributed by atoms with Crippen LogP contribution in [0.25, 0.3) is 0 Å². The van der Waals surface area contributed by atoms with Crippen LogP contribution in [0.2, 0.25) is 0 Å². The molecule has 0 N–H and O–H groups in total. The molecule has 0 spiro atoms. The van der Waals surface area contributed by atoms with Crippen molar-refractivity contribution in [2.45, 2.75) is 13.3 Å². The van der Waals surface area contributed by atoms with Crippen LogP contribution in [0.5, 0.6) is 5.75 Å². The molecule has 0 atom stereocenters. The lowest BCUT2D eigenvalue weighted by atomic mass is 10.0. The monoisotopic (exact) mass is 241 g/mol. The fourth-order valence-electron chi connectivity index (χ4n) is 1.82. The van der Waals surface area contributed by atoms with Gasteiger partial charge in [-0.3, -0.25) is 9.78 Å². The number of benzene rings is 1. The molecule has 92 valence electrons. The summed E-state index contributed by atoms with van der Waals surface area (Å²) in [4.78, 5) is 16.2. The van der Waals surface area contributed by atoms with E-state index >= 15 is 0 Å². The third-order valence-electron chi connectivity index (χ3n) is 2.74. The first-order valence-electron chi connectivity index (χ1n) is 5.77. The number of carbonyl (C=O) groups excluding carboxylic acids is 1. The van der Waals surface area contributed by atoms with E-state index in [0.717, 1.165) is 11.1 Å². The zero-order valence-electron chi connectivity index (χ0n) is 10.5. The molecule has 2 aromatic rings. The molecular formula is C15H15NO2. The third-order valence-corrected chi connectivity index (χ3v) is 2.74. The lowest BCUT2D eigenvalue weighted by Crippen LogP contribution is -2.06. The fraction of sp³-hybridized carbons (Fsp3) is 0.200. The standard InChI is InChI=1S/C15H15NO2/c1-11-5-6-15(18-2)13(8-11)14(17)9-12-4-3-7-16-10-12/h3-8,10H,9H2,1-2H3. The maximum atomic E-state index is 12.2. The van der Waals surface area contributed by atoms with E-state index < -0.39 is 0 Å². The van der Waals surface area contributed by atoms with Crippen molar-refractivity contribution in [3.8, 4) is 5.75 Å². The summed E-state index contributed by atoms with van der Waals surface area (Å²) in [6.45, 7) is 1.96. The Morgan fingerprint density at radius 2 is 2.17 bits per heavy atom. The average molecular weight is 241 g/mol. The van der Waals surface area contributed by atoms with E-state index in [9.17, 15) is 4.79 Å². The van der Waals surface area contributed by atoms with E-state index in [-0.39, 0.29) is 5.78 Å². The smallest absolute Gasteiger partial charge is 0.171 e. The second kappa shape index (κ2) is 5.45. The minimum atomic E-state index is 0.0450. The summed E-state index contributed by atoms with van der Waals surface area (Å²) in [6, 6.07) is 9.34. The van der Waals surface area contributed by atoms with E-state index in [1.165, 1.54) is 0 Å². The number of aromatic nitrogens is 1. The number of ketones is 1. The molecule has 0 saturated heterocycles. The second-order valence-electron chi connectivity index (χ2n) is 4.16. The van der Waals surface area contributed by atoms with Gasteiger partial charge in [-0.25, -0.2) is 0 Å². The number of hydrogen-bond donors (Lipinski definition) is 0. The molecule has 2 rings (SSSR count). The van der Waals surface area contributed by atoms with E-state index in [2.05, 4.69) is 4.98 Å². The van der Waals surface area contributed by atoms with E-state index in [1.54, 1.807) is 19.5 Å². The highest BCUT2D eigenvalue weighted by atomic mass is 16.5. The molecule has 0 amide bonds. The Labute approximate surface area is 106 Å². The van der Waals surface area contributed by atoms with Gasteiger partial charge in [0.1, 0.15) is 5.75 Å². The number of methoxy groups -OCH3 is 1. The highest BCUT2D eigenvalue weighted by Gasteiger charge is 2.13. The lowest BCUT2D eigenvalue weighted by Gasteiger charge is -2.08. The van der Waals surface area contributed by atoms with Crippen LogP contribution in [-0.4, -0.2) is 17.9 Å². The first-order valence-corrected chi connectivity index (χ1v) is 5.77. The maximum Gasteiger partial charge on any atom is 0.171 e. The summed E-state index contributed by atoms with van der Waals surface area (Å²) in [7, 11) is 1.57. The summed E-state index contributed by atoms with van der Waals surface area (Å²) < 4.78 is 5.22. The molecule has 0 radical (unpaired) electrons. The Kier molecular flexibility index (Phi) is 3.72. The topological polar surface area (TPSA) is 39.2 Å². The first kappa shape index (κ1) is 12.3. The number of hydrogen-bond acceptors (Lipinski definition) is 3. The van der Waals surface area contributed by atoms with Crippen LogP contribution in [-0.2, 0) is 6.42 Å². The average Bonchev–Trinajstić information content (AvgIpc) is 2.40. The highest BCUT2D eigenvalue weighted by Crippen LogP contribution is 2.21. The molecule has 0 bridgehead atoms. The van der Waals surface area contributed by atoms with E-state index in [4.69, 9.17) is 4.74 Å². The molecule has 0 unspecified atom stereocenters. The maximum absolute atomic E-state index is 12.2. The van der Waals surface area contributed by atoms with Gasteiger partial charge in [-0.05, 0) is 30.7 Å². The minimum absolute atomic E-state index is 0.0450. The summed E-state index contributed by atoms with van der Waals surface area (Å²) in [5, 5.41) is 0. The number of nitrogens with zero attached hydrogens (tertiary/aromatic N) is 1. The van der Waals surface area contributed by atoms with Gasteiger partial charge in [0.15, 0.2) is 5.78 Å². The number of pyridine rings is 1. The van der Waals surface area contributed by atoms with Gasteiger partial charge in [-0.2, -0.15) is 0 Å². The first-order chi connectivity index (χ1) is 8.70. The van der Waals surface area contributed by atoms with Gasteiger partial charge < -0.3 is 4.74 Å². The van der Waals surface area contributed by atoms with Gasteiger partial charge in [0, 0.05) is 18.8 Å². The number of ether oxygens (including phenoxy) is 1. The SMILES string of the molecule is COc1ccc(C)cc1C(=O)Cc1cccnc1.